The smallest absolute Gasteiger partial charge is 0.319 e. The summed E-state index contributed by atoms with van der Waals surface area (Å²) in [6.45, 7) is -1.18. The number of aldehydes is 1. The van der Waals surface area contributed by atoms with Gasteiger partial charge in [-0.1, -0.05) is 17.7 Å². The zero-order chi connectivity index (χ0) is 27.0. The molecule has 4 aromatic rings. The van der Waals surface area contributed by atoms with Gasteiger partial charge in [-0.2, -0.15) is 8.78 Å². The topological polar surface area (TPSA) is 120 Å². The molecule has 14 heteroatoms. The Hall–Kier alpha value is -3.97. The van der Waals surface area contributed by atoms with Crippen LogP contribution in [-0.4, -0.2) is 42.3 Å². The van der Waals surface area contributed by atoms with Gasteiger partial charge in [-0.05, 0) is 42.0 Å². The SMILES string of the molecule is COc1ncc(-c2ccc3ncn(CC(F)(F)C=O)c(=O)c3c2)cc1NS(=O)(=O)c1ccc(F)cc1Cl. The first-order chi connectivity index (χ1) is 17.4. The van der Waals surface area contributed by atoms with Gasteiger partial charge >= 0.3 is 5.92 Å². The van der Waals surface area contributed by atoms with Crippen molar-refractivity contribution in [1.29, 1.82) is 0 Å². The third-order valence-corrected chi connectivity index (χ3v) is 7.03. The molecule has 1 N–H and O–H groups in total. The lowest BCUT2D eigenvalue weighted by Gasteiger charge is -2.14. The highest BCUT2D eigenvalue weighted by Crippen LogP contribution is 2.32. The summed E-state index contributed by atoms with van der Waals surface area (Å²) in [7, 11) is -3.02. The number of anilines is 1. The maximum Gasteiger partial charge on any atom is 0.319 e. The minimum Gasteiger partial charge on any atom is -0.480 e. The van der Waals surface area contributed by atoms with Crippen LogP contribution >= 0.6 is 11.6 Å². The number of carbonyl (C=O) groups is 1. The second-order valence-electron chi connectivity index (χ2n) is 7.75. The molecule has 2 heterocycles. The van der Waals surface area contributed by atoms with E-state index >= 15 is 0 Å². The molecular formula is C23H16ClF3N4O5S. The minimum absolute atomic E-state index is 0.0160. The molecule has 2 aromatic carbocycles. The normalized spacial score (nSPS) is 11.9. The van der Waals surface area contributed by atoms with Crippen LogP contribution in [0.2, 0.25) is 5.02 Å². The van der Waals surface area contributed by atoms with E-state index in [0.717, 1.165) is 24.5 Å². The van der Waals surface area contributed by atoms with Gasteiger partial charge in [0.1, 0.15) is 16.4 Å². The van der Waals surface area contributed by atoms with Crippen molar-refractivity contribution in [3.63, 3.8) is 0 Å². The summed E-state index contributed by atoms with van der Waals surface area (Å²) in [6, 6.07) is 8.57. The molecule has 0 spiro atoms. The van der Waals surface area contributed by atoms with Gasteiger partial charge in [-0.15, -0.1) is 0 Å². The Morgan fingerprint density at radius 1 is 1.14 bits per heavy atom. The van der Waals surface area contributed by atoms with Crippen LogP contribution in [0.5, 0.6) is 5.88 Å². The van der Waals surface area contributed by atoms with Gasteiger partial charge in [0.25, 0.3) is 15.6 Å². The van der Waals surface area contributed by atoms with E-state index in [1.165, 1.54) is 31.5 Å². The fourth-order valence-corrected chi connectivity index (χ4v) is 5.03. The highest BCUT2D eigenvalue weighted by Gasteiger charge is 2.29. The van der Waals surface area contributed by atoms with E-state index in [1.54, 1.807) is 6.07 Å². The van der Waals surface area contributed by atoms with Crippen molar-refractivity contribution in [2.24, 2.45) is 0 Å². The van der Waals surface area contributed by atoms with Crippen LogP contribution < -0.4 is 15.0 Å². The van der Waals surface area contributed by atoms with Crippen molar-refractivity contribution in [2.45, 2.75) is 17.4 Å². The summed E-state index contributed by atoms with van der Waals surface area (Å²) < 4.78 is 74.3. The predicted octanol–water partition coefficient (Wildman–Crippen LogP) is 3.89. The van der Waals surface area contributed by atoms with Crippen LogP contribution in [0.1, 0.15) is 0 Å². The number of methoxy groups -OCH3 is 1. The molecule has 9 nitrogen and oxygen atoms in total. The molecule has 0 bridgehead atoms. The summed E-state index contributed by atoms with van der Waals surface area (Å²) in [6.07, 6.45) is 1.72. The Labute approximate surface area is 212 Å². The number of ether oxygens (including phenoxy) is 1. The van der Waals surface area contributed by atoms with Crippen LogP contribution in [0, 0.1) is 5.82 Å². The lowest BCUT2D eigenvalue weighted by molar-refractivity contribution is -0.130. The molecule has 0 aliphatic carbocycles. The van der Waals surface area contributed by atoms with E-state index < -0.39 is 40.2 Å². The van der Waals surface area contributed by atoms with E-state index in [9.17, 15) is 31.2 Å². The van der Waals surface area contributed by atoms with Gasteiger partial charge in [-0.3, -0.25) is 18.9 Å². The Balaban J connectivity index is 1.76. The molecule has 4 rings (SSSR count). The van der Waals surface area contributed by atoms with E-state index in [1.807, 2.05) is 0 Å². The largest absolute Gasteiger partial charge is 0.480 e. The van der Waals surface area contributed by atoms with Gasteiger partial charge < -0.3 is 4.74 Å². The summed E-state index contributed by atoms with van der Waals surface area (Å²) in [5.74, 6) is -4.56. The third-order valence-electron chi connectivity index (χ3n) is 5.18. The number of halogens is 4. The lowest BCUT2D eigenvalue weighted by atomic mass is 10.1. The first kappa shape index (κ1) is 26.1. The van der Waals surface area contributed by atoms with Gasteiger partial charge in [0.15, 0.2) is 6.29 Å². The number of nitrogens with zero attached hydrogens (tertiary/aromatic N) is 3. The second kappa shape index (κ2) is 9.82. The molecule has 0 amide bonds. The van der Waals surface area contributed by atoms with Crippen molar-refractivity contribution in [2.75, 3.05) is 11.8 Å². The number of hydrogen-bond acceptors (Lipinski definition) is 7. The summed E-state index contributed by atoms with van der Waals surface area (Å²) in [5.41, 5.74) is 0.0320. The van der Waals surface area contributed by atoms with Crippen molar-refractivity contribution < 1.29 is 31.1 Å². The number of benzene rings is 2. The van der Waals surface area contributed by atoms with Gasteiger partial charge in [0.05, 0.1) is 35.9 Å². The second-order valence-corrected chi connectivity index (χ2v) is 9.81. The molecule has 2 aromatic heterocycles. The molecule has 0 fully saturated rings. The number of alkyl halides is 2. The lowest BCUT2D eigenvalue weighted by Crippen LogP contribution is -2.32. The molecule has 0 radical (unpaired) electrons. The molecule has 0 aliphatic heterocycles. The van der Waals surface area contributed by atoms with Crippen LogP contribution in [0.25, 0.3) is 22.0 Å². The number of aromatic nitrogens is 3. The summed E-state index contributed by atoms with van der Waals surface area (Å²) >= 11 is 5.90. The minimum atomic E-state index is -4.29. The van der Waals surface area contributed by atoms with Crippen LogP contribution in [0.4, 0.5) is 18.9 Å². The average Bonchev–Trinajstić information content (AvgIpc) is 2.85. The van der Waals surface area contributed by atoms with Crippen LogP contribution in [0.3, 0.4) is 0 Å². The molecule has 0 atom stereocenters. The first-order valence-electron chi connectivity index (χ1n) is 10.3. The highest BCUT2D eigenvalue weighted by molar-refractivity contribution is 7.92. The number of pyridine rings is 1. The van der Waals surface area contributed by atoms with Crippen LogP contribution in [-0.2, 0) is 21.4 Å². The zero-order valence-corrected chi connectivity index (χ0v) is 20.4. The number of hydrogen-bond donors (Lipinski definition) is 1. The van der Waals surface area contributed by atoms with Crippen molar-refractivity contribution >= 4 is 44.5 Å². The molecule has 37 heavy (non-hydrogen) atoms. The first-order valence-corrected chi connectivity index (χ1v) is 12.2. The van der Waals surface area contributed by atoms with Crippen molar-refractivity contribution in [1.82, 2.24) is 14.5 Å². The van der Waals surface area contributed by atoms with Gasteiger partial charge in [-0.25, -0.2) is 22.8 Å². The predicted molar refractivity (Wildman–Crippen MR) is 129 cm³/mol. The number of rotatable bonds is 8. The summed E-state index contributed by atoms with van der Waals surface area (Å²) in [4.78, 5) is 31.0. The molecule has 0 aliphatic rings. The van der Waals surface area contributed by atoms with E-state index in [4.69, 9.17) is 16.3 Å². The third kappa shape index (κ3) is 5.42. The Morgan fingerprint density at radius 3 is 2.57 bits per heavy atom. The Morgan fingerprint density at radius 2 is 1.89 bits per heavy atom. The standard InChI is InChI=1S/C23H16ClF3N4O5S/c1-36-21-19(30-37(34,35)20-5-3-15(25)8-17(20)24)7-14(9-28-21)13-2-4-18-16(6-13)22(33)31(12-29-18)10-23(26,27)11-32/h2-9,11-12,30H,10H2,1H3. The maximum absolute atomic E-state index is 13.5. The van der Waals surface area contributed by atoms with E-state index in [-0.39, 0.29) is 32.4 Å². The fraction of sp³-hybridized carbons (Fsp3) is 0.130. The number of fused-ring (bicyclic) bond motifs is 1. The monoisotopic (exact) mass is 552 g/mol. The number of sulfonamides is 1. The fourth-order valence-electron chi connectivity index (χ4n) is 3.45. The average molecular weight is 553 g/mol. The Bertz CT molecular complexity index is 1700. The zero-order valence-electron chi connectivity index (χ0n) is 18.8. The van der Waals surface area contributed by atoms with Gasteiger partial charge in [0.2, 0.25) is 5.88 Å². The highest BCUT2D eigenvalue weighted by atomic mass is 35.5. The Kier molecular flexibility index (Phi) is 6.93. The maximum atomic E-state index is 13.5. The number of carbonyl (C=O) groups excluding carboxylic acids is 1. The quantitative estimate of drug-likeness (QED) is 0.329. The molecular weight excluding hydrogens is 537 g/mol. The van der Waals surface area contributed by atoms with Gasteiger partial charge in [0, 0.05) is 11.8 Å². The van der Waals surface area contributed by atoms with Crippen molar-refractivity contribution in [3.05, 3.63) is 76.2 Å². The van der Waals surface area contributed by atoms with Crippen molar-refractivity contribution in [3.8, 4) is 17.0 Å². The molecule has 0 unspecified atom stereocenters. The van der Waals surface area contributed by atoms with E-state index in [2.05, 4.69) is 14.7 Å². The van der Waals surface area contributed by atoms with Crippen LogP contribution in [0.15, 0.2) is 64.7 Å². The molecule has 0 saturated heterocycles. The van der Waals surface area contributed by atoms with E-state index in [0.29, 0.717) is 15.7 Å². The summed E-state index contributed by atoms with van der Waals surface area (Å²) in [5, 5.41) is -0.355. The number of nitrogens with one attached hydrogen (secondary N) is 1. The molecule has 0 saturated carbocycles. The molecule has 192 valence electrons.